The predicted octanol–water partition coefficient (Wildman–Crippen LogP) is 4.66. The monoisotopic (exact) mass is 453 g/mol. The topological polar surface area (TPSA) is 92.7 Å². The van der Waals surface area contributed by atoms with Crippen LogP contribution in [0.25, 0.3) is 0 Å². The lowest BCUT2D eigenvalue weighted by atomic mass is 10.1. The zero-order chi connectivity index (χ0) is 20.0. The molecule has 8 heteroatoms. The fourth-order valence-corrected chi connectivity index (χ4v) is 4.14. The van der Waals surface area contributed by atoms with E-state index in [1.54, 1.807) is 6.92 Å². The van der Waals surface area contributed by atoms with Gasteiger partial charge in [-0.3, -0.25) is 4.79 Å². The highest BCUT2D eigenvalue weighted by Crippen LogP contribution is 2.33. The third kappa shape index (κ3) is 5.64. The maximum atomic E-state index is 12.2. The van der Waals surface area contributed by atoms with Gasteiger partial charge in [0.15, 0.2) is 0 Å². The number of carbonyl (C=O) groups excluding carboxylic acids is 2. The number of ether oxygens (including phenoxy) is 1. The lowest BCUT2D eigenvalue weighted by Gasteiger charge is -2.05. The van der Waals surface area contributed by atoms with Crippen LogP contribution in [0.1, 0.15) is 50.9 Å². The number of carboxylic acids is 1. The number of hydrogen-bond donors (Lipinski definition) is 2. The molecule has 0 fully saturated rings. The molecule has 2 N–H and O–H groups in total. The van der Waals surface area contributed by atoms with Gasteiger partial charge in [0.2, 0.25) is 5.91 Å². The third-order valence-electron chi connectivity index (χ3n) is 3.83. The van der Waals surface area contributed by atoms with Gasteiger partial charge in [-0.2, -0.15) is 0 Å². The molecular formula is C19H20BrNO5S. The fourth-order valence-electron chi connectivity index (χ4n) is 2.59. The number of thiophene rings is 1. The summed E-state index contributed by atoms with van der Waals surface area (Å²) in [6.07, 6.45) is 1.60. The average Bonchev–Trinajstić information content (AvgIpc) is 2.91. The van der Waals surface area contributed by atoms with Gasteiger partial charge in [0.25, 0.3) is 0 Å². The Labute approximate surface area is 169 Å². The molecule has 1 aromatic carbocycles. The van der Waals surface area contributed by atoms with Gasteiger partial charge in [0, 0.05) is 10.9 Å². The first-order valence-corrected chi connectivity index (χ1v) is 10.0. The van der Waals surface area contributed by atoms with Crippen LogP contribution in [0.5, 0.6) is 0 Å². The molecule has 0 radical (unpaired) electrons. The highest BCUT2D eigenvalue weighted by atomic mass is 79.9. The number of anilines is 1. The van der Waals surface area contributed by atoms with E-state index in [1.807, 2.05) is 24.3 Å². The second kappa shape index (κ2) is 9.66. The number of aromatic carboxylic acids is 1. The van der Waals surface area contributed by atoms with Crippen LogP contribution in [-0.4, -0.2) is 29.6 Å². The van der Waals surface area contributed by atoms with Crippen molar-refractivity contribution in [3.63, 3.8) is 0 Å². The van der Waals surface area contributed by atoms with E-state index in [9.17, 15) is 19.5 Å². The van der Waals surface area contributed by atoms with Crippen LogP contribution < -0.4 is 5.32 Å². The van der Waals surface area contributed by atoms with Gasteiger partial charge in [-0.15, -0.1) is 11.3 Å². The number of aryl methyl sites for hydroxylation is 1. The van der Waals surface area contributed by atoms with Gasteiger partial charge in [0.1, 0.15) is 9.88 Å². The van der Waals surface area contributed by atoms with E-state index in [0.717, 1.165) is 27.8 Å². The molecule has 0 atom stereocenters. The minimum absolute atomic E-state index is 0.0663. The summed E-state index contributed by atoms with van der Waals surface area (Å²) in [5.41, 5.74) is 1.35. The smallest absolute Gasteiger partial charge is 0.348 e. The lowest BCUT2D eigenvalue weighted by molar-refractivity contribution is -0.116. The van der Waals surface area contributed by atoms with Crippen molar-refractivity contribution in [1.82, 2.24) is 0 Å². The van der Waals surface area contributed by atoms with Crippen LogP contribution in [0.2, 0.25) is 0 Å². The van der Waals surface area contributed by atoms with Crippen molar-refractivity contribution in [2.45, 2.75) is 33.1 Å². The number of halogens is 1. The van der Waals surface area contributed by atoms with E-state index in [1.165, 1.54) is 6.92 Å². The predicted molar refractivity (Wildman–Crippen MR) is 108 cm³/mol. The fraction of sp³-hybridized carbons (Fsp3) is 0.316. The standard InChI is InChI=1S/C19H20BrNO5S/c1-3-26-19(25)16-11(2)15(18(23)24)17(27-16)21-14(22)9-5-7-12-6-4-8-13(20)10-12/h4,6,8,10H,3,5,7,9H2,1-2H3,(H,21,22)(H,23,24). The molecule has 1 aromatic heterocycles. The van der Waals surface area contributed by atoms with E-state index in [4.69, 9.17) is 4.74 Å². The van der Waals surface area contributed by atoms with E-state index < -0.39 is 11.9 Å². The number of amides is 1. The molecule has 27 heavy (non-hydrogen) atoms. The van der Waals surface area contributed by atoms with Crippen molar-refractivity contribution >= 4 is 50.1 Å². The summed E-state index contributed by atoms with van der Waals surface area (Å²) in [6, 6.07) is 7.85. The number of hydrogen-bond acceptors (Lipinski definition) is 5. The van der Waals surface area contributed by atoms with E-state index >= 15 is 0 Å². The lowest BCUT2D eigenvalue weighted by Crippen LogP contribution is -2.13. The van der Waals surface area contributed by atoms with Gasteiger partial charge < -0.3 is 15.2 Å². The Morgan fingerprint density at radius 2 is 2.04 bits per heavy atom. The van der Waals surface area contributed by atoms with Crippen LogP contribution in [0.3, 0.4) is 0 Å². The Bertz CT molecular complexity index is 862. The normalized spacial score (nSPS) is 10.5. The molecule has 0 aliphatic carbocycles. The SMILES string of the molecule is CCOC(=O)c1sc(NC(=O)CCCc2cccc(Br)c2)c(C(=O)O)c1C. The number of esters is 1. The van der Waals surface area contributed by atoms with E-state index in [-0.39, 0.29) is 34.4 Å². The van der Waals surface area contributed by atoms with Crippen molar-refractivity contribution in [2.75, 3.05) is 11.9 Å². The highest BCUT2D eigenvalue weighted by molar-refractivity contribution is 9.10. The van der Waals surface area contributed by atoms with Gasteiger partial charge in [-0.05, 0) is 49.9 Å². The third-order valence-corrected chi connectivity index (χ3v) is 5.51. The van der Waals surface area contributed by atoms with Crippen LogP contribution >= 0.6 is 27.3 Å². The molecule has 2 aromatic rings. The molecule has 1 amide bonds. The van der Waals surface area contributed by atoms with Gasteiger partial charge in [-0.25, -0.2) is 9.59 Å². The van der Waals surface area contributed by atoms with Gasteiger partial charge >= 0.3 is 11.9 Å². The molecule has 0 spiro atoms. The van der Waals surface area contributed by atoms with Crippen molar-refractivity contribution in [2.24, 2.45) is 0 Å². The quantitative estimate of drug-likeness (QED) is 0.567. The number of carbonyl (C=O) groups is 3. The second-order valence-corrected chi connectivity index (χ2v) is 7.75. The summed E-state index contributed by atoms with van der Waals surface area (Å²) in [4.78, 5) is 36.0. The van der Waals surface area contributed by atoms with Crippen molar-refractivity contribution in [1.29, 1.82) is 0 Å². The maximum Gasteiger partial charge on any atom is 0.348 e. The first-order valence-electron chi connectivity index (χ1n) is 8.41. The second-order valence-electron chi connectivity index (χ2n) is 5.82. The Morgan fingerprint density at radius 3 is 2.67 bits per heavy atom. The van der Waals surface area contributed by atoms with Crippen molar-refractivity contribution in [3.8, 4) is 0 Å². The Kier molecular flexibility index (Phi) is 7.55. The molecule has 0 aliphatic heterocycles. The summed E-state index contributed by atoms with van der Waals surface area (Å²) in [7, 11) is 0. The Hall–Kier alpha value is -2.19. The largest absolute Gasteiger partial charge is 0.478 e. The van der Waals surface area contributed by atoms with Gasteiger partial charge in [-0.1, -0.05) is 28.1 Å². The van der Waals surface area contributed by atoms with E-state index in [0.29, 0.717) is 12.0 Å². The van der Waals surface area contributed by atoms with Crippen LogP contribution in [-0.2, 0) is 16.0 Å². The number of rotatable bonds is 8. The molecule has 0 saturated carbocycles. The minimum Gasteiger partial charge on any atom is -0.478 e. The van der Waals surface area contributed by atoms with Gasteiger partial charge in [0.05, 0.1) is 12.2 Å². The average molecular weight is 454 g/mol. The molecule has 6 nitrogen and oxygen atoms in total. The number of carboxylic acid groups (broad SMARTS) is 1. The van der Waals surface area contributed by atoms with Crippen molar-refractivity contribution < 1.29 is 24.2 Å². The summed E-state index contributed by atoms with van der Waals surface area (Å²) in [5, 5.41) is 12.2. The summed E-state index contributed by atoms with van der Waals surface area (Å²) < 4.78 is 5.93. The summed E-state index contributed by atoms with van der Waals surface area (Å²) in [5.74, 6) is -2.06. The van der Waals surface area contributed by atoms with Crippen LogP contribution in [0.4, 0.5) is 5.00 Å². The minimum atomic E-state index is -1.19. The number of benzene rings is 1. The Morgan fingerprint density at radius 1 is 1.30 bits per heavy atom. The summed E-state index contributed by atoms with van der Waals surface area (Å²) >= 11 is 4.34. The maximum absolute atomic E-state index is 12.2. The molecule has 2 rings (SSSR count). The first-order chi connectivity index (χ1) is 12.8. The van der Waals surface area contributed by atoms with Crippen LogP contribution in [0.15, 0.2) is 28.7 Å². The van der Waals surface area contributed by atoms with Crippen LogP contribution in [0, 0.1) is 6.92 Å². The first kappa shape index (κ1) is 21.1. The molecular weight excluding hydrogens is 434 g/mol. The molecule has 1 heterocycles. The van der Waals surface area contributed by atoms with E-state index in [2.05, 4.69) is 21.2 Å². The molecule has 0 unspecified atom stereocenters. The molecule has 0 saturated heterocycles. The number of nitrogens with one attached hydrogen (secondary N) is 1. The Balaban J connectivity index is 2.04. The zero-order valence-corrected chi connectivity index (χ0v) is 17.4. The molecule has 0 bridgehead atoms. The zero-order valence-electron chi connectivity index (χ0n) is 15.0. The summed E-state index contributed by atoms with van der Waals surface area (Å²) in [6.45, 7) is 3.40. The molecule has 144 valence electrons. The molecule has 0 aliphatic rings. The van der Waals surface area contributed by atoms with Crippen molar-refractivity contribution in [3.05, 3.63) is 50.3 Å². The highest BCUT2D eigenvalue weighted by Gasteiger charge is 2.26.